The fourth-order valence-corrected chi connectivity index (χ4v) is 2.21. The van der Waals surface area contributed by atoms with Gasteiger partial charge in [-0.2, -0.15) is 0 Å². The highest BCUT2D eigenvalue weighted by Crippen LogP contribution is 2.26. The van der Waals surface area contributed by atoms with E-state index in [0.29, 0.717) is 36.8 Å². The number of nitrogens with one attached hydrogen (secondary N) is 1. The molecule has 3 N–H and O–H groups in total. The first-order chi connectivity index (χ1) is 10.2. The van der Waals surface area contributed by atoms with Crippen LogP contribution in [0.1, 0.15) is 11.3 Å². The number of rotatable bonds is 3. The van der Waals surface area contributed by atoms with E-state index < -0.39 is 4.92 Å². The number of fused-ring (bicyclic) bond motifs is 1. The molecule has 0 atom stereocenters. The van der Waals surface area contributed by atoms with E-state index in [9.17, 15) is 10.1 Å². The summed E-state index contributed by atoms with van der Waals surface area (Å²) >= 11 is 0. The van der Waals surface area contributed by atoms with Crippen molar-refractivity contribution in [1.82, 2.24) is 9.97 Å². The van der Waals surface area contributed by atoms with Crippen LogP contribution in [0.4, 0.5) is 11.5 Å². The molecule has 2 aromatic rings. The number of nitrogens with two attached hydrogens (primary N) is 1. The van der Waals surface area contributed by atoms with Crippen LogP contribution in [0.25, 0.3) is 11.4 Å². The Morgan fingerprint density at radius 3 is 2.71 bits per heavy atom. The highest BCUT2D eigenvalue weighted by molar-refractivity contribution is 5.61. The number of hydrogen-bond acceptors (Lipinski definition) is 7. The Hall–Kier alpha value is -2.58. The van der Waals surface area contributed by atoms with Crippen molar-refractivity contribution >= 4 is 11.5 Å². The number of anilines is 1. The summed E-state index contributed by atoms with van der Waals surface area (Å²) < 4.78 is 5.38. The number of aromatic nitrogens is 2. The van der Waals surface area contributed by atoms with Gasteiger partial charge in [-0.25, -0.2) is 15.8 Å². The predicted octanol–water partition coefficient (Wildman–Crippen LogP) is 1.41. The van der Waals surface area contributed by atoms with E-state index in [1.54, 1.807) is 12.1 Å². The number of nitro groups is 1. The molecule has 1 aromatic heterocycles. The lowest BCUT2D eigenvalue weighted by Crippen LogP contribution is -2.19. The van der Waals surface area contributed by atoms with Crippen LogP contribution in [0.15, 0.2) is 24.3 Å². The summed E-state index contributed by atoms with van der Waals surface area (Å²) in [5.74, 6) is 6.51. The fraction of sp³-hybridized carbons (Fsp3) is 0.231. The minimum Gasteiger partial charge on any atom is -0.376 e. The topological polar surface area (TPSA) is 116 Å². The molecule has 0 aliphatic carbocycles. The van der Waals surface area contributed by atoms with Gasteiger partial charge in [-0.05, 0) is 12.1 Å². The van der Waals surface area contributed by atoms with Gasteiger partial charge in [0.15, 0.2) is 5.82 Å². The van der Waals surface area contributed by atoms with Crippen LogP contribution in [0.2, 0.25) is 0 Å². The minimum absolute atomic E-state index is 0.0299. The van der Waals surface area contributed by atoms with Crippen LogP contribution < -0.4 is 11.3 Å². The molecule has 3 rings (SSSR count). The van der Waals surface area contributed by atoms with Crippen LogP contribution in [-0.2, 0) is 17.8 Å². The van der Waals surface area contributed by atoms with Gasteiger partial charge in [0.25, 0.3) is 5.69 Å². The maximum atomic E-state index is 10.7. The van der Waals surface area contributed by atoms with Crippen molar-refractivity contribution in [3.05, 3.63) is 45.6 Å². The summed E-state index contributed by atoms with van der Waals surface area (Å²) in [6.45, 7) is 1.03. The molecule has 8 heteroatoms. The van der Waals surface area contributed by atoms with Gasteiger partial charge in [0.1, 0.15) is 5.82 Å². The second-order valence-corrected chi connectivity index (χ2v) is 4.57. The highest BCUT2D eigenvalue weighted by atomic mass is 16.6. The second-order valence-electron chi connectivity index (χ2n) is 4.57. The molecule has 21 heavy (non-hydrogen) atoms. The number of nitrogens with zero attached hydrogens (tertiary/aromatic N) is 3. The highest BCUT2D eigenvalue weighted by Gasteiger charge is 2.18. The Kier molecular flexibility index (Phi) is 3.46. The molecule has 0 radical (unpaired) electrons. The van der Waals surface area contributed by atoms with E-state index >= 15 is 0 Å². The number of nitro benzene ring substituents is 1. The largest absolute Gasteiger partial charge is 0.376 e. The molecule has 0 unspecified atom stereocenters. The van der Waals surface area contributed by atoms with Gasteiger partial charge >= 0.3 is 0 Å². The van der Waals surface area contributed by atoms with Gasteiger partial charge in [-0.15, -0.1) is 0 Å². The lowest BCUT2D eigenvalue weighted by atomic mass is 10.1. The third-order valence-corrected chi connectivity index (χ3v) is 3.30. The van der Waals surface area contributed by atoms with Crippen LogP contribution in [-0.4, -0.2) is 21.5 Å². The van der Waals surface area contributed by atoms with Crippen LogP contribution >= 0.6 is 0 Å². The van der Waals surface area contributed by atoms with Crippen LogP contribution in [0.3, 0.4) is 0 Å². The summed E-state index contributed by atoms with van der Waals surface area (Å²) in [6.07, 6.45) is 0.687. The van der Waals surface area contributed by atoms with E-state index in [-0.39, 0.29) is 5.69 Å². The Bertz CT molecular complexity index is 670. The third-order valence-electron chi connectivity index (χ3n) is 3.30. The molecule has 108 valence electrons. The van der Waals surface area contributed by atoms with Crippen molar-refractivity contribution in [2.75, 3.05) is 12.0 Å². The van der Waals surface area contributed by atoms with Crippen molar-refractivity contribution in [1.29, 1.82) is 0 Å². The zero-order valence-electron chi connectivity index (χ0n) is 11.1. The maximum Gasteiger partial charge on any atom is 0.269 e. The summed E-state index contributed by atoms with van der Waals surface area (Å²) in [6, 6.07) is 6.10. The quantitative estimate of drug-likeness (QED) is 0.498. The predicted molar refractivity (Wildman–Crippen MR) is 75.3 cm³/mol. The summed E-state index contributed by atoms with van der Waals surface area (Å²) in [7, 11) is 0. The number of ether oxygens (including phenoxy) is 1. The fourth-order valence-electron chi connectivity index (χ4n) is 2.21. The summed E-state index contributed by atoms with van der Waals surface area (Å²) in [4.78, 5) is 19.1. The monoisotopic (exact) mass is 287 g/mol. The van der Waals surface area contributed by atoms with Crippen LogP contribution in [0.5, 0.6) is 0 Å². The third kappa shape index (κ3) is 2.54. The molecular formula is C13H13N5O3. The van der Waals surface area contributed by atoms with Gasteiger partial charge in [-0.1, -0.05) is 0 Å². The average Bonchev–Trinajstić information content (AvgIpc) is 2.53. The smallest absolute Gasteiger partial charge is 0.269 e. The van der Waals surface area contributed by atoms with E-state index in [1.165, 1.54) is 12.1 Å². The molecule has 0 amide bonds. The number of non-ortho nitro benzene ring substituents is 1. The maximum absolute atomic E-state index is 10.7. The van der Waals surface area contributed by atoms with Crippen molar-refractivity contribution in [2.24, 2.45) is 5.84 Å². The molecule has 0 fully saturated rings. The average molecular weight is 287 g/mol. The molecule has 8 nitrogen and oxygen atoms in total. The molecule has 0 spiro atoms. The number of hydrazine groups is 1. The van der Waals surface area contributed by atoms with Crippen molar-refractivity contribution in [3.8, 4) is 11.4 Å². The Morgan fingerprint density at radius 2 is 2.05 bits per heavy atom. The van der Waals surface area contributed by atoms with Crippen LogP contribution in [0, 0.1) is 10.1 Å². The normalized spacial score (nSPS) is 13.6. The Morgan fingerprint density at radius 1 is 1.29 bits per heavy atom. The van der Waals surface area contributed by atoms with Gasteiger partial charge in [0.05, 0.1) is 23.8 Å². The zero-order valence-corrected chi connectivity index (χ0v) is 11.1. The summed E-state index contributed by atoms with van der Waals surface area (Å²) in [5, 5.41) is 10.7. The Labute approximate surface area is 120 Å². The second kappa shape index (κ2) is 5.43. The first kappa shape index (κ1) is 13.4. The van der Waals surface area contributed by atoms with Crippen molar-refractivity contribution in [3.63, 3.8) is 0 Å². The Balaban J connectivity index is 2.03. The zero-order chi connectivity index (χ0) is 14.8. The van der Waals surface area contributed by atoms with Crippen molar-refractivity contribution in [2.45, 2.75) is 13.0 Å². The molecule has 0 saturated carbocycles. The molecular weight excluding hydrogens is 274 g/mol. The molecule has 0 bridgehead atoms. The van der Waals surface area contributed by atoms with E-state index in [0.717, 1.165) is 11.3 Å². The van der Waals surface area contributed by atoms with Gasteiger partial charge < -0.3 is 10.2 Å². The van der Waals surface area contributed by atoms with Gasteiger partial charge in [0, 0.05) is 29.7 Å². The molecule has 1 aliphatic rings. The number of hydrogen-bond donors (Lipinski definition) is 2. The molecule has 2 heterocycles. The first-order valence-corrected chi connectivity index (χ1v) is 6.38. The molecule has 1 aliphatic heterocycles. The number of nitrogen functional groups attached to an aromatic ring is 1. The lowest BCUT2D eigenvalue weighted by molar-refractivity contribution is -0.384. The first-order valence-electron chi connectivity index (χ1n) is 6.38. The SMILES string of the molecule is NNc1nc(-c2ccc([N+](=O)[O-])cc2)nc2c1COCC2. The van der Waals surface area contributed by atoms with Gasteiger partial charge in [-0.3, -0.25) is 10.1 Å². The van der Waals surface area contributed by atoms with E-state index in [4.69, 9.17) is 10.6 Å². The molecule has 1 aromatic carbocycles. The van der Waals surface area contributed by atoms with E-state index in [1.807, 2.05) is 0 Å². The van der Waals surface area contributed by atoms with Crippen molar-refractivity contribution < 1.29 is 9.66 Å². The number of benzene rings is 1. The summed E-state index contributed by atoms with van der Waals surface area (Å²) in [5.41, 5.74) is 5.03. The standard InChI is InChI=1S/C13H13N5O3/c14-17-13-10-7-21-6-5-11(10)15-12(16-13)8-1-3-9(4-2-8)18(19)20/h1-4H,5-7,14H2,(H,15,16,17). The lowest BCUT2D eigenvalue weighted by Gasteiger charge is -2.19. The van der Waals surface area contributed by atoms with Gasteiger partial charge in [0.2, 0.25) is 0 Å². The van der Waals surface area contributed by atoms with E-state index in [2.05, 4.69) is 15.4 Å². The molecule has 0 saturated heterocycles. The minimum atomic E-state index is -0.443.